The van der Waals surface area contributed by atoms with Crippen LogP contribution in [0.1, 0.15) is 44.1 Å². The van der Waals surface area contributed by atoms with Gasteiger partial charge < -0.3 is 20.0 Å². The van der Waals surface area contributed by atoms with Gasteiger partial charge in [-0.3, -0.25) is 4.79 Å². The zero-order valence-corrected chi connectivity index (χ0v) is 15.0. The lowest BCUT2D eigenvalue weighted by Gasteiger charge is -2.31. The maximum Gasteiger partial charge on any atom is 0.315 e. The van der Waals surface area contributed by atoms with Crippen LogP contribution in [0.5, 0.6) is 0 Å². The van der Waals surface area contributed by atoms with Crippen LogP contribution in [-0.4, -0.2) is 36.0 Å². The van der Waals surface area contributed by atoms with E-state index in [1.165, 1.54) is 0 Å². The molecule has 0 aliphatic carbocycles. The first-order chi connectivity index (χ1) is 12.0. The fraction of sp³-hybridized carbons (Fsp3) is 0.474. The Hall–Kier alpha value is -2.50. The molecule has 1 aliphatic heterocycles. The topological polar surface area (TPSA) is 74.6 Å². The van der Waals surface area contributed by atoms with Crippen LogP contribution in [0.3, 0.4) is 0 Å². The van der Waals surface area contributed by atoms with Crippen molar-refractivity contribution < 1.29 is 14.0 Å². The van der Waals surface area contributed by atoms with E-state index in [0.29, 0.717) is 13.1 Å². The number of benzene rings is 1. The van der Waals surface area contributed by atoms with Crippen molar-refractivity contribution in [3.05, 3.63) is 35.6 Å². The number of carbonyl (C=O) groups excluding carboxylic acids is 2. The van der Waals surface area contributed by atoms with Gasteiger partial charge in [-0.05, 0) is 32.8 Å². The van der Waals surface area contributed by atoms with Gasteiger partial charge in [0.25, 0.3) is 0 Å². The van der Waals surface area contributed by atoms with Crippen LogP contribution >= 0.6 is 0 Å². The fourth-order valence-electron chi connectivity index (χ4n) is 3.43. The molecule has 0 bridgehead atoms. The Morgan fingerprint density at radius 1 is 1.24 bits per heavy atom. The number of urea groups is 1. The van der Waals surface area contributed by atoms with E-state index < -0.39 is 0 Å². The summed E-state index contributed by atoms with van der Waals surface area (Å²) in [7, 11) is 0. The van der Waals surface area contributed by atoms with E-state index in [2.05, 4.69) is 10.6 Å². The number of aryl methyl sites for hydroxylation is 1. The molecule has 6 heteroatoms. The Bertz CT molecular complexity index is 775. The normalized spacial score (nSPS) is 16.7. The van der Waals surface area contributed by atoms with E-state index in [1.54, 1.807) is 6.92 Å². The second-order valence-electron chi connectivity index (χ2n) is 6.71. The standard InChI is InChI=1S/C19H25N3O3/c1-12-16-6-4-5-7-17(16)25-18(12)13(2)20-19(24)21-15-8-10-22(11-9-15)14(3)23/h4-7,13,15H,8-11H2,1-3H3,(H2,20,21,24). The third-order valence-electron chi connectivity index (χ3n) is 4.90. The van der Waals surface area contributed by atoms with Gasteiger partial charge in [-0.15, -0.1) is 0 Å². The first-order valence-electron chi connectivity index (χ1n) is 8.76. The van der Waals surface area contributed by atoms with Gasteiger partial charge in [0.05, 0.1) is 6.04 Å². The Labute approximate surface area is 147 Å². The van der Waals surface area contributed by atoms with Gasteiger partial charge in [-0.2, -0.15) is 0 Å². The molecular formula is C19H25N3O3. The quantitative estimate of drug-likeness (QED) is 0.899. The van der Waals surface area contributed by atoms with Crippen LogP contribution in [-0.2, 0) is 4.79 Å². The van der Waals surface area contributed by atoms with E-state index in [4.69, 9.17) is 4.42 Å². The van der Waals surface area contributed by atoms with Gasteiger partial charge in [0.1, 0.15) is 11.3 Å². The molecule has 1 saturated heterocycles. The molecule has 0 spiro atoms. The summed E-state index contributed by atoms with van der Waals surface area (Å²) in [5.74, 6) is 0.875. The van der Waals surface area contributed by atoms with Gasteiger partial charge in [-0.25, -0.2) is 4.79 Å². The Morgan fingerprint density at radius 3 is 2.56 bits per heavy atom. The third kappa shape index (κ3) is 3.78. The summed E-state index contributed by atoms with van der Waals surface area (Å²) >= 11 is 0. The molecule has 6 nitrogen and oxygen atoms in total. The SMILES string of the molecule is CC(=O)N1CCC(NC(=O)NC(C)c2oc3ccccc3c2C)CC1. The summed E-state index contributed by atoms with van der Waals surface area (Å²) in [6.45, 7) is 6.90. The summed E-state index contributed by atoms with van der Waals surface area (Å²) in [4.78, 5) is 25.5. The van der Waals surface area contributed by atoms with Crippen molar-refractivity contribution in [2.45, 2.75) is 45.7 Å². The Morgan fingerprint density at radius 2 is 1.92 bits per heavy atom. The summed E-state index contributed by atoms with van der Waals surface area (Å²) in [6, 6.07) is 7.55. The number of piperidine rings is 1. The molecular weight excluding hydrogens is 318 g/mol. The summed E-state index contributed by atoms with van der Waals surface area (Å²) in [5.41, 5.74) is 1.89. The maximum absolute atomic E-state index is 12.3. The second-order valence-corrected chi connectivity index (χ2v) is 6.71. The molecule has 134 valence electrons. The molecule has 0 saturated carbocycles. The number of hydrogen-bond donors (Lipinski definition) is 2. The smallest absolute Gasteiger partial charge is 0.315 e. The van der Waals surface area contributed by atoms with Crippen molar-refractivity contribution in [3.8, 4) is 0 Å². The average molecular weight is 343 g/mol. The summed E-state index contributed by atoms with van der Waals surface area (Å²) in [5, 5.41) is 7.03. The average Bonchev–Trinajstić information content (AvgIpc) is 2.92. The summed E-state index contributed by atoms with van der Waals surface area (Å²) in [6.07, 6.45) is 1.57. The number of nitrogens with one attached hydrogen (secondary N) is 2. The number of rotatable bonds is 3. The largest absolute Gasteiger partial charge is 0.459 e. The molecule has 1 aliphatic rings. The number of hydrogen-bond acceptors (Lipinski definition) is 3. The van der Waals surface area contributed by atoms with Crippen LogP contribution in [0.25, 0.3) is 11.0 Å². The highest BCUT2D eigenvalue weighted by Crippen LogP contribution is 2.29. The monoisotopic (exact) mass is 343 g/mol. The molecule has 1 unspecified atom stereocenters. The molecule has 2 heterocycles. The molecule has 1 fully saturated rings. The van der Waals surface area contributed by atoms with Gasteiger partial charge in [0, 0.05) is 37.0 Å². The lowest BCUT2D eigenvalue weighted by Crippen LogP contribution is -2.49. The molecule has 0 radical (unpaired) electrons. The minimum absolute atomic E-state index is 0.0943. The van der Waals surface area contributed by atoms with E-state index in [0.717, 1.165) is 35.1 Å². The molecule has 25 heavy (non-hydrogen) atoms. The van der Waals surface area contributed by atoms with Crippen LogP contribution in [0.15, 0.2) is 28.7 Å². The minimum Gasteiger partial charge on any atom is -0.459 e. The van der Waals surface area contributed by atoms with Crippen LogP contribution < -0.4 is 10.6 Å². The van der Waals surface area contributed by atoms with E-state index in [9.17, 15) is 9.59 Å². The highest BCUT2D eigenvalue weighted by atomic mass is 16.3. The fourth-order valence-corrected chi connectivity index (χ4v) is 3.43. The third-order valence-corrected chi connectivity index (χ3v) is 4.90. The number of nitrogens with zero attached hydrogens (tertiary/aromatic N) is 1. The predicted molar refractivity (Wildman–Crippen MR) is 96.3 cm³/mol. The predicted octanol–water partition coefficient (Wildman–Crippen LogP) is 3.11. The van der Waals surface area contributed by atoms with Crippen LogP contribution in [0.2, 0.25) is 0 Å². The molecule has 1 aromatic carbocycles. The van der Waals surface area contributed by atoms with Gasteiger partial charge in [0.15, 0.2) is 0 Å². The zero-order valence-electron chi connectivity index (χ0n) is 15.0. The molecule has 1 aromatic heterocycles. The van der Waals surface area contributed by atoms with Crippen LogP contribution in [0, 0.1) is 6.92 Å². The Balaban J connectivity index is 1.57. The number of furan rings is 1. The second kappa shape index (κ2) is 7.17. The molecule has 2 N–H and O–H groups in total. The Kier molecular flexibility index (Phi) is 4.97. The van der Waals surface area contributed by atoms with Crippen molar-refractivity contribution in [3.63, 3.8) is 0 Å². The molecule has 3 rings (SSSR count). The number of likely N-dealkylation sites (tertiary alicyclic amines) is 1. The van der Waals surface area contributed by atoms with Gasteiger partial charge >= 0.3 is 6.03 Å². The number of fused-ring (bicyclic) bond motifs is 1. The first-order valence-corrected chi connectivity index (χ1v) is 8.76. The van der Waals surface area contributed by atoms with E-state index >= 15 is 0 Å². The van der Waals surface area contributed by atoms with Crippen molar-refractivity contribution in [2.24, 2.45) is 0 Å². The maximum atomic E-state index is 12.3. The molecule has 1 atom stereocenters. The zero-order chi connectivity index (χ0) is 18.0. The minimum atomic E-state index is -0.218. The first kappa shape index (κ1) is 17.3. The summed E-state index contributed by atoms with van der Waals surface area (Å²) < 4.78 is 5.91. The van der Waals surface area contributed by atoms with Crippen molar-refractivity contribution in [1.82, 2.24) is 15.5 Å². The van der Waals surface area contributed by atoms with Crippen molar-refractivity contribution >= 4 is 22.9 Å². The lowest BCUT2D eigenvalue weighted by atomic mass is 10.1. The molecule has 2 aromatic rings. The van der Waals surface area contributed by atoms with Gasteiger partial charge in [-0.1, -0.05) is 18.2 Å². The number of para-hydroxylation sites is 1. The van der Waals surface area contributed by atoms with E-state index in [-0.39, 0.29) is 24.0 Å². The molecule has 3 amide bonds. The number of carbonyl (C=O) groups is 2. The highest BCUT2D eigenvalue weighted by Gasteiger charge is 2.23. The highest BCUT2D eigenvalue weighted by molar-refractivity contribution is 5.82. The van der Waals surface area contributed by atoms with Gasteiger partial charge in [0.2, 0.25) is 5.91 Å². The van der Waals surface area contributed by atoms with Crippen LogP contribution in [0.4, 0.5) is 4.79 Å². The lowest BCUT2D eigenvalue weighted by molar-refractivity contribution is -0.129. The van der Waals surface area contributed by atoms with Crippen molar-refractivity contribution in [2.75, 3.05) is 13.1 Å². The van der Waals surface area contributed by atoms with Crippen molar-refractivity contribution in [1.29, 1.82) is 0 Å². The van der Waals surface area contributed by atoms with E-state index in [1.807, 2.05) is 43.0 Å². The number of amides is 3.